The van der Waals surface area contributed by atoms with E-state index in [1.807, 2.05) is 12.1 Å². The highest BCUT2D eigenvalue weighted by Gasteiger charge is 2.52. The van der Waals surface area contributed by atoms with Crippen molar-refractivity contribution >= 4 is 5.78 Å². The number of likely N-dealkylation sites (tertiary alicyclic amines) is 1. The summed E-state index contributed by atoms with van der Waals surface area (Å²) < 4.78 is 0. The van der Waals surface area contributed by atoms with Crippen LogP contribution in [0.1, 0.15) is 54.6 Å². The summed E-state index contributed by atoms with van der Waals surface area (Å²) in [7, 11) is 0. The molecule has 0 spiro atoms. The molecule has 3 nitrogen and oxygen atoms in total. The molecule has 2 N–H and O–H groups in total. The third-order valence-electron chi connectivity index (χ3n) is 6.45. The summed E-state index contributed by atoms with van der Waals surface area (Å²) in [6.45, 7) is 7.35. The number of fused-ring (bicyclic) bond motifs is 4. The first kappa shape index (κ1) is 14.4. The number of carbonyl (C=O) groups excluding carboxylic acids is 1. The quantitative estimate of drug-likeness (QED) is 0.933. The maximum absolute atomic E-state index is 13.1. The number of piperidine rings is 1. The van der Waals surface area contributed by atoms with Crippen LogP contribution in [-0.4, -0.2) is 29.8 Å². The average Bonchev–Trinajstić information content (AvgIpc) is 3.33. The van der Waals surface area contributed by atoms with Gasteiger partial charge in [0.05, 0.1) is 6.04 Å². The van der Waals surface area contributed by atoms with Crippen LogP contribution in [0.5, 0.6) is 0 Å². The lowest BCUT2D eigenvalue weighted by Gasteiger charge is -2.53. The minimum absolute atomic E-state index is 0.0792. The molecule has 3 atom stereocenters. The zero-order chi connectivity index (χ0) is 15.5. The standard InChI is InChI=1S/C19H26N2O/c1-12-17-18(22)15-6-5-14(10-20)9-16(15)19(12,2)7-8-21(17)11-13-3-4-13/h5-6,9,12-13,17H,3-4,7-8,10-11,20H2,1-2H3/t12-,17?,19+/m0/s1. The maximum Gasteiger partial charge on any atom is 0.180 e. The molecule has 0 radical (unpaired) electrons. The van der Waals surface area contributed by atoms with Crippen LogP contribution >= 0.6 is 0 Å². The van der Waals surface area contributed by atoms with Gasteiger partial charge in [-0.3, -0.25) is 9.69 Å². The minimum atomic E-state index is 0.0792. The van der Waals surface area contributed by atoms with Crippen LogP contribution in [0, 0.1) is 11.8 Å². The van der Waals surface area contributed by atoms with Crippen LogP contribution in [0.2, 0.25) is 0 Å². The SMILES string of the molecule is C[C@H]1C2C(=O)c3ccc(CN)cc3[C@]1(C)CCN2CC1CC1. The fraction of sp³-hybridized carbons (Fsp3) is 0.632. The Morgan fingerprint density at radius 3 is 2.82 bits per heavy atom. The predicted octanol–water partition coefficient (Wildman–Crippen LogP) is 2.72. The molecular weight excluding hydrogens is 272 g/mol. The van der Waals surface area contributed by atoms with Crippen LogP contribution in [0.3, 0.4) is 0 Å². The van der Waals surface area contributed by atoms with Crippen LogP contribution in [0.25, 0.3) is 0 Å². The molecular formula is C19H26N2O. The smallest absolute Gasteiger partial charge is 0.180 e. The second kappa shape index (κ2) is 4.90. The number of ketones is 1. The van der Waals surface area contributed by atoms with Gasteiger partial charge in [-0.05, 0) is 54.2 Å². The van der Waals surface area contributed by atoms with Crippen molar-refractivity contribution in [2.24, 2.45) is 17.6 Å². The topological polar surface area (TPSA) is 46.3 Å². The lowest BCUT2D eigenvalue weighted by atomic mass is 9.58. The van der Waals surface area contributed by atoms with Crippen molar-refractivity contribution in [2.45, 2.75) is 51.1 Å². The van der Waals surface area contributed by atoms with Crippen molar-refractivity contribution in [3.05, 3.63) is 34.9 Å². The zero-order valence-electron chi connectivity index (χ0n) is 13.6. The number of carbonyl (C=O) groups is 1. The van der Waals surface area contributed by atoms with E-state index in [9.17, 15) is 4.79 Å². The van der Waals surface area contributed by atoms with E-state index < -0.39 is 0 Å². The lowest BCUT2D eigenvalue weighted by molar-refractivity contribution is 0.0266. The number of hydrogen-bond donors (Lipinski definition) is 1. The maximum atomic E-state index is 13.1. The summed E-state index contributed by atoms with van der Waals surface area (Å²) in [4.78, 5) is 15.6. The van der Waals surface area contributed by atoms with Gasteiger partial charge in [0, 0.05) is 18.7 Å². The molecule has 1 heterocycles. The van der Waals surface area contributed by atoms with Gasteiger partial charge in [0.25, 0.3) is 0 Å². The summed E-state index contributed by atoms with van der Waals surface area (Å²) in [6.07, 6.45) is 3.84. The number of Topliss-reactive ketones (excluding diaryl/α,β-unsaturated/α-hetero) is 1. The van der Waals surface area contributed by atoms with Gasteiger partial charge in [-0.15, -0.1) is 0 Å². The Morgan fingerprint density at radius 1 is 1.36 bits per heavy atom. The van der Waals surface area contributed by atoms with E-state index in [4.69, 9.17) is 5.73 Å². The van der Waals surface area contributed by atoms with Gasteiger partial charge in [-0.25, -0.2) is 0 Å². The van der Waals surface area contributed by atoms with E-state index >= 15 is 0 Å². The molecule has 1 saturated carbocycles. The molecule has 2 fully saturated rings. The highest BCUT2D eigenvalue weighted by Crippen LogP contribution is 2.49. The number of benzene rings is 1. The Kier molecular flexibility index (Phi) is 3.21. The monoisotopic (exact) mass is 298 g/mol. The molecule has 2 aliphatic carbocycles. The van der Waals surface area contributed by atoms with Gasteiger partial charge in [-0.2, -0.15) is 0 Å². The first-order chi connectivity index (χ1) is 10.5. The Balaban J connectivity index is 1.78. The fourth-order valence-corrected chi connectivity index (χ4v) is 4.58. The second-order valence-corrected chi connectivity index (χ2v) is 7.79. The number of nitrogens with two attached hydrogens (primary N) is 1. The third kappa shape index (κ3) is 1.99. The van der Waals surface area contributed by atoms with E-state index in [0.717, 1.165) is 36.6 Å². The van der Waals surface area contributed by atoms with Crippen molar-refractivity contribution in [3.63, 3.8) is 0 Å². The Labute approximate surface area is 132 Å². The van der Waals surface area contributed by atoms with Crippen LogP contribution in [-0.2, 0) is 12.0 Å². The van der Waals surface area contributed by atoms with Gasteiger partial charge in [0.1, 0.15) is 0 Å². The molecule has 4 rings (SSSR count). The first-order valence-corrected chi connectivity index (χ1v) is 8.66. The van der Waals surface area contributed by atoms with Gasteiger partial charge in [0.2, 0.25) is 0 Å². The summed E-state index contributed by atoms with van der Waals surface area (Å²) >= 11 is 0. The van der Waals surface area contributed by atoms with E-state index in [1.54, 1.807) is 0 Å². The van der Waals surface area contributed by atoms with Crippen molar-refractivity contribution < 1.29 is 4.79 Å². The average molecular weight is 298 g/mol. The van der Waals surface area contributed by atoms with Gasteiger partial charge < -0.3 is 5.73 Å². The molecule has 22 heavy (non-hydrogen) atoms. The zero-order valence-corrected chi connectivity index (χ0v) is 13.6. The summed E-state index contributed by atoms with van der Waals surface area (Å²) in [6, 6.07) is 6.32. The van der Waals surface area contributed by atoms with Crippen molar-refractivity contribution in [3.8, 4) is 0 Å². The molecule has 0 aromatic heterocycles. The molecule has 1 unspecified atom stereocenters. The third-order valence-corrected chi connectivity index (χ3v) is 6.45. The minimum Gasteiger partial charge on any atom is -0.326 e. The van der Waals surface area contributed by atoms with E-state index in [2.05, 4.69) is 24.8 Å². The van der Waals surface area contributed by atoms with Crippen molar-refractivity contribution in [1.29, 1.82) is 0 Å². The van der Waals surface area contributed by atoms with Crippen LogP contribution < -0.4 is 5.73 Å². The largest absolute Gasteiger partial charge is 0.326 e. The second-order valence-electron chi connectivity index (χ2n) is 7.79. The molecule has 3 heteroatoms. The first-order valence-electron chi connectivity index (χ1n) is 8.66. The Morgan fingerprint density at radius 2 is 2.14 bits per heavy atom. The normalized spacial score (nSPS) is 34.6. The van der Waals surface area contributed by atoms with Gasteiger partial charge in [-0.1, -0.05) is 32.0 Å². The number of rotatable bonds is 3. The Hall–Kier alpha value is -1.19. The molecule has 2 bridgehead atoms. The van der Waals surface area contributed by atoms with Crippen LogP contribution in [0.4, 0.5) is 0 Å². The van der Waals surface area contributed by atoms with Crippen molar-refractivity contribution in [1.82, 2.24) is 4.90 Å². The van der Waals surface area contributed by atoms with Gasteiger partial charge >= 0.3 is 0 Å². The lowest BCUT2D eigenvalue weighted by Crippen LogP contribution is -2.61. The summed E-state index contributed by atoms with van der Waals surface area (Å²) in [5.41, 5.74) is 9.26. The van der Waals surface area contributed by atoms with E-state index in [1.165, 1.54) is 18.4 Å². The summed E-state index contributed by atoms with van der Waals surface area (Å²) in [5.74, 6) is 1.56. The van der Waals surface area contributed by atoms with E-state index in [-0.39, 0.29) is 11.5 Å². The molecule has 1 aliphatic heterocycles. The molecule has 1 saturated heterocycles. The number of hydrogen-bond acceptors (Lipinski definition) is 3. The molecule has 1 aromatic rings. The van der Waals surface area contributed by atoms with E-state index in [0.29, 0.717) is 18.2 Å². The Bertz CT molecular complexity index is 622. The predicted molar refractivity (Wildman–Crippen MR) is 87.9 cm³/mol. The summed E-state index contributed by atoms with van der Waals surface area (Å²) in [5, 5.41) is 0. The fourth-order valence-electron chi connectivity index (χ4n) is 4.58. The van der Waals surface area contributed by atoms with Crippen LogP contribution in [0.15, 0.2) is 18.2 Å². The highest BCUT2D eigenvalue weighted by atomic mass is 16.1. The van der Waals surface area contributed by atoms with Crippen molar-refractivity contribution in [2.75, 3.05) is 13.1 Å². The molecule has 118 valence electrons. The number of nitrogens with zero attached hydrogens (tertiary/aromatic N) is 1. The molecule has 0 amide bonds. The van der Waals surface area contributed by atoms with Gasteiger partial charge in [0.15, 0.2) is 5.78 Å². The highest BCUT2D eigenvalue weighted by molar-refractivity contribution is 6.03. The molecule has 1 aromatic carbocycles. The molecule has 3 aliphatic rings.